The van der Waals surface area contributed by atoms with Crippen molar-refractivity contribution < 1.29 is 22.2 Å². The summed E-state index contributed by atoms with van der Waals surface area (Å²) in [5.41, 5.74) is 1.54. The summed E-state index contributed by atoms with van der Waals surface area (Å²) in [6.45, 7) is 1.04. The molecule has 4 heterocycles. The van der Waals surface area contributed by atoms with Crippen LogP contribution in [-0.4, -0.2) is 57.8 Å². The van der Waals surface area contributed by atoms with E-state index in [1.165, 1.54) is 12.4 Å². The molecule has 0 bridgehead atoms. The van der Waals surface area contributed by atoms with Crippen molar-refractivity contribution in [3.05, 3.63) is 29.1 Å². The number of piperidine rings is 1. The van der Waals surface area contributed by atoms with Gasteiger partial charge in [0.25, 0.3) is 16.0 Å². The fourth-order valence-corrected chi connectivity index (χ4v) is 4.86. The third-order valence-corrected chi connectivity index (χ3v) is 7.03. The SMILES string of the molecule is O=C1NC(S(=O)(=O)O)SC1=Cc1ccc2ncnc(N3CCC(F)CC3)c2n1. The first-order chi connectivity index (χ1) is 13.3. The zero-order chi connectivity index (χ0) is 19.9. The van der Waals surface area contributed by atoms with E-state index in [4.69, 9.17) is 4.55 Å². The summed E-state index contributed by atoms with van der Waals surface area (Å²) in [5, 5.41) is 2.19. The number of fused-ring (bicyclic) bond motifs is 1. The van der Waals surface area contributed by atoms with Crippen LogP contribution < -0.4 is 10.2 Å². The first-order valence-electron chi connectivity index (χ1n) is 8.47. The van der Waals surface area contributed by atoms with Crippen LogP contribution >= 0.6 is 11.8 Å². The second-order valence-corrected chi connectivity index (χ2v) is 9.36. The molecule has 2 saturated heterocycles. The second-order valence-electron chi connectivity index (χ2n) is 6.41. The van der Waals surface area contributed by atoms with Crippen LogP contribution in [0.2, 0.25) is 0 Å². The Morgan fingerprint density at radius 1 is 1.29 bits per heavy atom. The molecular weight excluding hydrogens is 409 g/mol. The minimum Gasteiger partial charge on any atom is -0.354 e. The minimum atomic E-state index is -4.41. The number of nitrogens with zero attached hydrogens (tertiary/aromatic N) is 4. The maximum absolute atomic E-state index is 13.4. The number of thioether (sulfide) groups is 1. The Morgan fingerprint density at radius 3 is 2.71 bits per heavy atom. The van der Waals surface area contributed by atoms with Gasteiger partial charge in [0.1, 0.15) is 18.0 Å². The molecule has 1 atom stereocenters. The zero-order valence-corrected chi connectivity index (χ0v) is 16.1. The van der Waals surface area contributed by atoms with Crippen LogP contribution in [0.25, 0.3) is 17.1 Å². The Kier molecular flexibility index (Phi) is 4.93. The van der Waals surface area contributed by atoms with Gasteiger partial charge in [-0.15, -0.1) is 0 Å². The van der Waals surface area contributed by atoms with Gasteiger partial charge in [-0.25, -0.2) is 19.3 Å². The summed E-state index contributed by atoms with van der Waals surface area (Å²) in [6.07, 6.45) is 2.89. The van der Waals surface area contributed by atoms with Gasteiger partial charge in [0, 0.05) is 13.1 Å². The van der Waals surface area contributed by atoms with E-state index in [1.54, 1.807) is 12.1 Å². The molecule has 2 aliphatic heterocycles. The van der Waals surface area contributed by atoms with Crippen LogP contribution in [-0.2, 0) is 14.9 Å². The number of amides is 1. The van der Waals surface area contributed by atoms with Gasteiger partial charge in [-0.2, -0.15) is 8.42 Å². The number of nitrogens with one attached hydrogen (secondary N) is 1. The van der Waals surface area contributed by atoms with Crippen molar-refractivity contribution in [2.45, 2.75) is 23.7 Å². The number of rotatable bonds is 3. The van der Waals surface area contributed by atoms with Crippen molar-refractivity contribution in [1.82, 2.24) is 20.3 Å². The molecule has 2 fully saturated rings. The summed E-state index contributed by atoms with van der Waals surface area (Å²) in [7, 11) is -4.41. The van der Waals surface area contributed by atoms with Gasteiger partial charge < -0.3 is 10.2 Å². The molecule has 0 aliphatic carbocycles. The van der Waals surface area contributed by atoms with Gasteiger partial charge in [-0.1, -0.05) is 11.8 Å². The van der Waals surface area contributed by atoms with Crippen LogP contribution in [0.1, 0.15) is 18.5 Å². The highest BCUT2D eigenvalue weighted by molar-refractivity contribution is 8.15. The van der Waals surface area contributed by atoms with Crippen molar-refractivity contribution in [2.75, 3.05) is 18.0 Å². The lowest BCUT2D eigenvalue weighted by atomic mass is 10.1. The number of aromatic nitrogens is 3. The average Bonchev–Trinajstić information content (AvgIpc) is 3.03. The van der Waals surface area contributed by atoms with E-state index in [-0.39, 0.29) is 4.91 Å². The van der Waals surface area contributed by atoms with Crippen LogP contribution in [0, 0.1) is 0 Å². The van der Waals surface area contributed by atoms with E-state index in [0.29, 0.717) is 60.2 Å². The number of alkyl halides is 1. The molecule has 2 N–H and O–H groups in total. The minimum absolute atomic E-state index is 0.117. The first-order valence-corrected chi connectivity index (χ1v) is 10.9. The summed E-state index contributed by atoms with van der Waals surface area (Å²) in [5.74, 6) is -0.0134. The van der Waals surface area contributed by atoms with Crippen LogP contribution in [0.4, 0.5) is 10.2 Å². The molecule has 2 aliphatic rings. The van der Waals surface area contributed by atoms with E-state index >= 15 is 0 Å². The van der Waals surface area contributed by atoms with Crippen molar-refractivity contribution >= 4 is 50.7 Å². The summed E-state index contributed by atoms with van der Waals surface area (Å²) >= 11 is 0.698. The smallest absolute Gasteiger partial charge is 0.296 e. The molecule has 1 amide bonds. The van der Waals surface area contributed by atoms with E-state index in [1.807, 2.05) is 4.90 Å². The van der Waals surface area contributed by atoms with Crippen LogP contribution in [0.15, 0.2) is 23.4 Å². The Balaban J connectivity index is 1.68. The molecule has 0 aromatic carbocycles. The summed E-state index contributed by atoms with van der Waals surface area (Å²) < 4.78 is 43.6. The molecule has 148 valence electrons. The van der Waals surface area contributed by atoms with Crippen molar-refractivity contribution in [3.63, 3.8) is 0 Å². The molecule has 0 spiro atoms. The molecule has 12 heteroatoms. The van der Waals surface area contributed by atoms with Crippen LogP contribution in [0.5, 0.6) is 0 Å². The average molecular weight is 425 g/mol. The van der Waals surface area contributed by atoms with E-state index in [9.17, 15) is 17.6 Å². The molecule has 1 unspecified atom stereocenters. The van der Waals surface area contributed by atoms with Gasteiger partial charge in [-0.3, -0.25) is 9.35 Å². The second kappa shape index (κ2) is 7.26. The third kappa shape index (κ3) is 3.80. The maximum Gasteiger partial charge on any atom is 0.296 e. The highest BCUT2D eigenvalue weighted by Crippen LogP contribution is 2.32. The Labute approximate surface area is 164 Å². The Bertz CT molecular complexity index is 1070. The van der Waals surface area contributed by atoms with Gasteiger partial charge in [0.2, 0.25) is 4.71 Å². The number of hydrogen-bond donors (Lipinski definition) is 2. The molecule has 9 nitrogen and oxygen atoms in total. The largest absolute Gasteiger partial charge is 0.354 e. The fourth-order valence-electron chi connectivity index (χ4n) is 3.06. The van der Waals surface area contributed by atoms with Gasteiger partial charge in [0.05, 0.1) is 16.1 Å². The lowest BCUT2D eigenvalue weighted by Crippen LogP contribution is -2.35. The first kappa shape index (κ1) is 19.0. The highest BCUT2D eigenvalue weighted by Gasteiger charge is 2.35. The number of hydrogen-bond acceptors (Lipinski definition) is 8. The van der Waals surface area contributed by atoms with Gasteiger partial charge in [-0.05, 0) is 31.1 Å². The normalized spacial score (nSPS) is 22.8. The summed E-state index contributed by atoms with van der Waals surface area (Å²) in [4.78, 5) is 27.0. The molecular formula is C16H16FN5O4S2. The summed E-state index contributed by atoms with van der Waals surface area (Å²) in [6, 6.07) is 3.37. The number of anilines is 1. The van der Waals surface area contributed by atoms with Gasteiger partial charge >= 0.3 is 0 Å². The third-order valence-electron chi connectivity index (χ3n) is 4.46. The maximum atomic E-state index is 13.4. The zero-order valence-electron chi connectivity index (χ0n) is 14.4. The molecule has 2 aromatic rings. The number of carbonyl (C=O) groups excluding carboxylic acids is 1. The van der Waals surface area contributed by atoms with Crippen molar-refractivity contribution in [3.8, 4) is 0 Å². The van der Waals surface area contributed by atoms with Crippen molar-refractivity contribution in [1.29, 1.82) is 0 Å². The molecule has 0 radical (unpaired) electrons. The standard InChI is InChI=1S/C16H16FN5O4S2/c17-9-3-5-22(6-4-9)14-13-11(18-8-19-14)2-1-10(20-13)7-12-15(23)21-16(27-12)28(24,25)26/h1-2,7-9,16H,3-6H2,(H,21,23)(H,24,25,26). The van der Waals surface area contributed by atoms with E-state index in [0.717, 1.165) is 0 Å². The predicted octanol–water partition coefficient (Wildman–Crippen LogP) is 1.34. The lowest BCUT2D eigenvalue weighted by Gasteiger charge is -2.29. The number of pyridine rings is 1. The quantitative estimate of drug-likeness (QED) is 0.553. The van der Waals surface area contributed by atoms with E-state index in [2.05, 4.69) is 20.3 Å². The fraction of sp³-hybridized carbons (Fsp3) is 0.375. The molecule has 0 saturated carbocycles. The lowest BCUT2D eigenvalue weighted by molar-refractivity contribution is -0.116. The molecule has 28 heavy (non-hydrogen) atoms. The van der Waals surface area contributed by atoms with Crippen molar-refractivity contribution in [2.24, 2.45) is 0 Å². The highest BCUT2D eigenvalue weighted by atomic mass is 32.3. The topological polar surface area (TPSA) is 125 Å². The number of carbonyl (C=O) groups is 1. The molecule has 4 rings (SSSR count). The number of halogens is 1. The monoisotopic (exact) mass is 425 g/mol. The Morgan fingerprint density at radius 2 is 2.04 bits per heavy atom. The predicted molar refractivity (Wildman–Crippen MR) is 103 cm³/mol. The Hall–Kier alpha value is -2.31. The molecule has 2 aromatic heterocycles. The van der Waals surface area contributed by atoms with Crippen LogP contribution in [0.3, 0.4) is 0 Å². The van der Waals surface area contributed by atoms with Gasteiger partial charge in [0.15, 0.2) is 5.82 Å². The van der Waals surface area contributed by atoms with E-state index < -0.39 is 26.9 Å².